The molecule has 0 amide bonds. The molecule has 2 atom stereocenters. The highest BCUT2D eigenvalue weighted by atomic mass is 14.9. The lowest BCUT2D eigenvalue weighted by Crippen LogP contribution is -2.60. The molecule has 0 bridgehead atoms. The second-order valence-electron chi connectivity index (χ2n) is 21.1. The molecule has 4 heteroatoms. The Morgan fingerprint density at radius 2 is 1.00 bits per heavy atom. The van der Waals surface area contributed by atoms with Crippen LogP contribution in [0.4, 0.5) is 0 Å². The van der Waals surface area contributed by atoms with E-state index < -0.39 is 0 Å². The molecule has 0 aromatic carbocycles. The van der Waals surface area contributed by atoms with Gasteiger partial charge in [0, 0.05) is 13.1 Å². The summed E-state index contributed by atoms with van der Waals surface area (Å²) in [6.07, 6.45) is 24.8. The molecule has 46 heavy (non-hydrogen) atoms. The first-order valence-corrected chi connectivity index (χ1v) is 20.7. The van der Waals surface area contributed by atoms with Crippen LogP contribution in [-0.2, 0) is 0 Å². The third-order valence-electron chi connectivity index (χ3n) is 18.0. The highest BCUT2D eigenvalue weighted by Crippen LogP contribution is 2.70. The van der Waals surface area contributed by atoms with Crippen LogP contribution in [0.25, 0.3) is 0 Å². The Morgan fingerprint density at radius 3 is 1.63 bits per heavy atom. The molecular weight excluding hydrogens is 560 g/mol. The largest absolute Gasteiger partial charge is 0.317 e. The summed E-state index contributed by atoms with van der Waals surface area (Å²) < 4.78 is 0. The minimum Gasteiger partial charge on any atom is -0.317 e. The van der Waals surface area contributed by atoms with Gasteiger partial charge in [-0.3, -0.25) is 0 Å². The van der Waals surface area contributed by atoms with Crippen LogP contribution in [-0.4, -0.2) is 52.4 Å². The van der Waals surface area contributed by atoms with Crippen LogP contribution >= 0.6 is 0 Å². The summed E-state index contributed by atoms with van der Waals surface area (Å²) in [5, 5.41) is 14.9. The smallest absolute Gasteiger partial charge is 0.000850 e. The van der Waals surface area contributed by atoms with Crippen molar-refractivity contribution in [3.05, 3.63) is 0 Å². The van der Waals surface area contributed by atoms with E-state index in [-0.39, 0.29) is 0 Å². The number of hydrogen-bond acceptors (Lipinski definition) is 4. The molecule has 3 spiro atoms. The molecule has 3 saturated carbocycles. The van der Waals surface area contributed by atoms with Crippen molar-refractivity contribution in [3.63, 3.8) is 0 Å². The lowest BCUT2D eigenvalue weighted by atomic mass is 9.39. The fraction of sp³-hybridized carbons (Fsp3) is 1.00. The third-order valence-corrected chi connectivity index (χ3v) is 18.0. The van der Waals surface area contributed by atoms with Crippen molar-refractivity contribution in [1.29, 1.82) is 0 Å². The highest BCUT2D eigenvalue weighted by Gasteiger charge is 2.62. The average Bonchev–Trinajstić information content (AvgIpc) is 3.52. The molecule has 4 nitrogen and oxygen atoms in total. The molecular formula is C42H76N4. The van der Waals surface area contributed by atoms with Gasteiger partial charge in [-0.25, -0.2) is 0 Å². The molecule has 4 aliphatic heterocycles. The van der Waals surface area contributed by atoms with Crippen LogP contribution in [0.5, 0.6) is 0 Å². The van der Waals surface area contributed by atoms with Gasteiger partial charge in [-0.15, -0.1) is 0 Å². The van der Waals surface area contributed by atoms with Crippen LogP contribution < -0.4 is 21.3 Å². The highest BCUT2D eigenvalue weighted by molar-refractivity contribution is 5.12. The van der Waals surface area contributed by atoms with Gasteiger partial charge in [0.05, 0.1) is 0 Å². The Bertz CT molecular complexity index is 1020. The summed E-state index contributed by atoms with van der Waals surface area (Å²) in [5.74, 6) is 3.65. The molecule has 4 heterocycles. The molecule has 4 saturated heterocycles. The first kappa shape index (κ1) is 34.3. The average molecular weight is 637 g/mol. The minimum atomic E-state index is 0.417. The Labute approximate surface area is 285 Å². The molecule has 264 valence electrons. The van der Waals surface area contributed by atoms with Crippen LogP contribution in [0, 0.1) is 61.6 Å². The Hall–Kier alpha value is -0.160. The van der Waals surface area contributed by atoms with E-state index in [9.17, 15) is 0 Å². The van der Waals surface area contributed by atoms with Crippen molar-refractivity contribution in [1.82, 2.24) is 21.3 Å². The summed E-state index contributed by atoms with van der Waals surface area (Å²) in [7, 11) is 0. The van der Waals surface area contributed by atoms with Crippen molar-refractivity contribution in [2.24, 2.45) is 61.6 Å². The van der Waals surface area contributed by atoms with Crippen LogP contribution in [0.2, 0.25) is 0 Å². The summed E-state index contributed by atoms with van der Waals surface area (Å²) in [5.41, 5.74) is 3.75. The zero-order chi connectivity index (χ0) is 32.3. The Morgan fingerprint density at radius 1 is 0.478 bits per heavy atom. The summed E-state index contributed by atoms with van der Waals surface area (Å²) in [6.45, 7) is 26.5. The number of hydrogen-bond donors (Lipinski definition) is 4. The third kappa shape index (κ3) is 6.21. The van der Waals surface area contributed by atoms with Crippen LogP contribution in [0.3, 0.4) is 0 Å². The van der Waals surface area contributed by atoms with Gasteiger partial charge in [-0.05, 0) is 210 Å². The molecule has 7 fully saturated rings. The zero-order valence-electron chi connectivity index (χ0n) is 31.5. The molecule has 7 rings (SSSR count). The quantitative estimate of drug-likeness (QED) is 0.184. The van der Waals surface area contributed by atoms with E-state index in [1.807, 2.05) is 0 Å². The van der Waals surface area contributed by atoms with E-state index >= 15 is 0 Å². The Kier molecular flexibility index (Phi) is 9.36. The maximum Gasteiger partial charge on any atom is 0.000850 e. The van der Waals surface area contributed by atoms with Gasteiger partial charge in [0.2, 0.25) is 0 Å². The summed E-state index contributed by atoms with van der Waals surface area (Å²) >= 11 is 0. The molecule has 0 aromatic heterocycles. The minimum absolute atomic E-state index is 0.417. The summed E-state index contributed by atoms with van der Waals surface area (Å²) in [4.78, 5) is 0. The lowest BCUT2D eigenvalue weighted by Gasteiger charge is -2.66. The zero-order valence-corrected chi connectivity index (χ0v) is 31.5. The van der Waals surface area contributed by atoms with Crippen LogP contribution in [0.15, 0.2) is 0 Å². The monoisotopic (exact) mass is 637 g/mol. The van der Waals surface area contributed by atoms with Crippen molar-refractivity contribution < 1.29 is 0 Å². The maximum absolute atomic E-state index is 3.80. The predicted octanol–water partition coefficient (Wildman–Crippen LogP) is 8.56. The second-order valence-corrected chi connectivity index (χ2v) is 21.1. The number of rotatable bonds is 11. The molecule has 0 radical (unpaired) electrons. The lowest BCUT2D eigenvalue weighted by molar-refractivity contribution is -0.165. The van der Waals surface area contributed by atoms with E-state index in [4.69, 9.17) is 0 Å². The molecule has 3 aliphatic carbocycles. The molecule has 1 unspecified atom stereocenters. The van der Waals surface area contributed by atoms with Gasteiger partial charge in [-0.2, -0.15) is 0 Å². The fourth-order valence-electron chi connectivity index (χ4n) is 13.3. The Balaban J connectivity index is 1.10. The number of nitrogens with one attached hydrogen (secondary N) is 4. The molecule has 7 aliphatic rings. The first-order valence-electron chi connectivity index (χ1n) is 20.7. The fourth-order valence-corrected chi connectivity index (χ4v) is 13.3. The van der Waals surface area contributed by atoms with E-state index in [0.717, 1.165) is 23.7 Å². The van der Waals surface area contributed by atoms with Gasteiger partial charge >= 0.3 is 0 Å². The van der Waals surface area contributed by atoms with E-state index in [0.29, 0.717) is 37.9 Å². The van der Waals surface area contributed by atoms with Gasteiger partial charge in [0.1, 0.15) is 0 Å². The topological polar surface area (TPSA) is 48.1 Å². The number of piperidine rings is 3. The van der Waals surface area contributed by atoms with Crippen molar-refractivity contribution in [2.75, 3.05) is 52.4 Å². The van der Waals surface area contributed by atoms with Gasteiger partial charge in [0.25, 0.3) is 0 Å². The standard InChI is InChI=1S/C42H76N4/c1-36(2,32-8-19-43-20-9-32)11-12-38(5,34-26-42(27-34)17-23-46-31-42)13-14-39(6,35-28-40(29-35)15-21-44-22-16-40)37(3,4)33-24-41(25-33)10-7-18-45-30-41/h32-35,43-46H,7-31H2,1-6H3/t33?,34?,38-,39?,41?,42?/m1/s1. The normalized spacial score (nSPS) is 34.0. The van der Waals surface area contributed by atoms with Gasteiger partial charge < -0.3 is 21.3 Å². The van der Waals surface area contributed by atoms with Crippen molar-refractivity contribution >= 4 is 0 Å². The van der Waals surface area contributed by atoms with Crippen molar-refractivity contribution in [3.8, 4) is 0 Å². The SMILES string of the molecule is CC(C)(CC[C@](C)(CCC(C)(C1CC2(CCNCC2)C1)C(C)(C)C1CC2(CCCNC2)C1)C1CC2(CCNC2)C1)C1CCNCC1. The van der Waals surface area contributed by atoms with Crippen molar-refractivity contribution in [2.45, 2.75) is 151 Å². The van der Waals surface area contributed by atoms with Crippen LogP contribution in [0.1, 0.15) is 151 Å². The van der Waals surface area contributed by atoms with E-state index in [1.54, 1.807) is 0 Å². The van der Waals surface area contributed by atoms with Gasteiger partial charge in [0.15, 0.2) is 0 Å². The second kappa shape index (κ2) is 12.6. The van der Waals surface area contributed by atoms with E-state index in [1.165, 1.54) is 162 Å². The summed E-state index contributed by atoms with van der Waals surface area (Å²) in [6, 6.07) is 0. The molecule has 4 N–H and O–H groups in total. The predicted molar refractivity (Wildman–Crippen MR) is 195 cm³/mol. The van der Waals surface area contributed by atoms with E-state index in [2.05, 4.69) is 62.8 Å². The molecule has 0 aromatic rings. The first-order chi connectivity index (χ1) is 21.8. The van der Waals surface area contributed by atoms with Gasteiger partial charge in [-0.1, -0.05) is 41.5 Å². The maximum atomic E-state index is 3.80.